The minimum absolute atomic E-state index is 0.331. The van der Waals surface area contributed by atoms with Crippen molar-refractivity contribution in [2.45, 2.75) is 19.4 Å². The van der Waals surface area contributed by atoms with Gasteiger partial charge < -0.3 is 10.1 Å². The molecule has 2 aromatic rings. The number of ether oxygens (including phenoxy) is 1. The van der Waals surface area contributed by atoms with E-state index >= 15 is 0 Å². The zero-order chi connectivity index (χ0) is 11.4. The number of nitrogens with one attached hydrogen (secondary N) is 1. The van der Waals surface area contributed by atoms with Gasteiger partial charge in [0.05, 0.1) is 12.6 Å². The molecular formula is C12H17N3O. The minimum Gasteiger partial charge on any atom is -0.383 e. The number of imidazole rings is 1. The van der Waals surface area contributed by atoms with E-state index in [1.807, 2.05) is 28.8 Å². The molecule has 16 heavy (non-hydrogen) atoms. The summed E-state index contributed by atoms with van der Waals surface area (Å²) in [5.41, 5.74) is 0.956. The van der Waals surface area contributed by atoms with Crippen LogP contribution < -0.4 is 5.32 Å². The molecule has 0 spiro atoms. The Hall–Kier alpha value is -1.55. The standard InChI is InChI=1S/C12H17N3O/c1-3-10(9-16-2)14-12-6-4-5-11-13-7-8-15(11)12/h4-8,10,14H,3,9H2,1-2H3. The van der Waals surface area contributed by atoms with E-state index in [0.717, 1.165) is 17.9 Å². The lowest BCUT2D eigenvalue weighted by molar-refractivity contribution is 0.184. The summed E-state index contributed by atoms with van der Waals surface area (Å²) < 4.78 is 7.21. The molecule has 2 aromatic heterocycles. The van der Waals surface area contributed by atoms with Crippen LogP contribution in [0.1, 0.15) is 13.3 Å². The van der Waals surface area contributed by atoms with Crippen LogP contribution in [-0.4, -0.2) is 29.1 Å². The molecule has 0 saturated heterocycles. The topological polar surface area (TPSA) is 38.6 Å². The highest BCUT2D eigenvalue weighted by molar-refractivity contribution is 5.50. The predicted molar refractivity (Wildman–Crippen MR) is 64.8 cm³/mol. The zero-order valence-corrected chi connectivity index (χ0v) is 9.68. The Morgan fingerprint density at radius 1 is 1.50 bits per heavy atom. The third-order valence-corrected chi connectivity index (χ3v) is 2.64. The van der Waals surface area contributed by atoms with Crippen molar-refractivity contribution in [1.82, 2.24) is 9.38 Å². The summed E-state index contributed by atoms with van der Waals surface area (Å²) >= 11 is 0. The number of hydrogen-bond donors (Lipinski definition) is 1. The fourth-order valence-corrected chi connectivity index (χ4v) is 1.74. The molecule has 4 heteroatoms. The van der Waals surface area contributed by atoms with Crippen LogP contribution >= 0.6 is 0 Å². The summed E-state index contributed by atoms with van der Waals surface area (Å²) in [6, 6.07) is 6.37. The molecule has 0 aliphatic rings. The first kappa shape index (κ1) is 11.0. The van der Waals surface area contributed by atoms with Crippen molar-refractivity contribution in [3.05, 3.63) is 30.6 Å². The van der Waals surface area contributed by atoms with E-state index in [0.29, 0.717) is 12.6 Å². The first-order valence-electron chi connectivity index (χ1n) is 5.52. The van der Waals surface area contributed by atoms with Crippen LogP contribution in [0.25, 0.3) is 5.65 Å². The van der Waals surface area contributed by atoms with E-state index in [2.05, 4.69) is 17.2 Å². The van der Waals surface area contributed by atoms with Gasteiger partial charge in [-0.2, -0.15) is 0 Å². The molecule has 86 valence electrons. The van der Waals surface area contributed by atoms with E-state index in [9.17, 15) is 0 Å². The lowest BCUT2D eigenvalue weighted by atomic mass is 10.2. The number of nitrogens with zero attached hydrogens (tertiary/aromatic N) is 2. The zero-order valence-electron chi connectivity index (χ0n) is 9.68. The van der Waals surface area contributed by atoms with Gasteiger partial charge in [-0.1, -0.05) is 13.0 Å². The average Bonchev–Trinajstić information content (AvgIpc) is 2.77. The molecule has 0 aromatic carbocycles. The van der Waals surface area contributed by atoms with Crippen molar-refractivity contribution in [3.63, 3.8) is 0 Å². The quantitative estimate of drug-likeness (QED) is 0.837. The molecule has 1 unspecified atom stereocenters. The van der Waals surface area contributed by atoms with Crippen LogP contribution in [0.3, 0.4) is 0 Å². The second-order valence-electron chi connectivity index (χ2n) is 3.77. The van der Waals surface area contributed by atoms with E-state index in [4.69, 9.17) is 4.74 Å². The number of methoxy groups -OCH3 is 1. The first-order valence-corrected chi connectivity index (χ1v) is 5.52. The Morgan fingerprint density at radius 3 is 3.12 bits per heavy atom. The first-order chi connectivity index (χ1) is 7.85. The molecule has 1 atom stereocenters. The lowest BCUT2D eigenvalue weighted by Gasteiger charge is -2.18. The predicted octanol–water partition coefficient (Wildman–Crippen LogP) is 2.17. The Kier molecular flexibility index (Phi) is 3.41. The van der Waals surface area contributed by atoms with Gasteiger partial charge in [-0.3, -0.25) is 4.40 Å². The Morgan fingerprint density at radius 2 is 2.38 bits per heavy atom. The van der Waals surface area contributed by atoms with Gasteiger partial charge in [0.25, 0.3) is 0 Å². The molecule has 0 amide bonds. The van der Waals surface area contributed by atoms with Gasteiger partial charge in [0.2, 0.25) is 0 Å². The largest absolute Gasteiger partial charge is 0.383 e. The summed E-state index contributed by atoms with van der Waals surface area (Å²) in [6.07, 6.45) is 4.79. The van der Waals surface area contributed by atoms with Crippen molar-refractivity contribution in [1.29, 1.82) is 0 Å². The van der Waals surface area contributed by atoms with Crippen LogP contribution in [-0.2, 0) is 4.74 Å². The van der Waals surface area contributed by atoms with Gasteiger partial charge in [0, 0.05) is 19.5 Å². The maximum absolute atomic E-state index is 5.17. The number of hydrogen-bond acceptors (Lipinski definition) is 3. The summed E-state index contributed by atoms with van der Waals surface area (Å²) in [5, 5.41) is 3.46. The summed E-state index contributed by atoms with van der Waals surface area (Å²) in [7, 11) is 1.72. The van der Waals surface area contributed by atoms with Crippen LogP contribution in [0.5, 0.6) is 0 Å². The summed E-state index contributed by atoms with van der Waals surface area (Å²) in [4.78, 5) is 4.25. The van der Waals surface area contributed by atoms with Crippen molar-refractivity contribution >= 4 is 11.5 Å². The fraction of sp³-hybridized carbons (Fsp3) is 0.417. The van der Waals surface area contributed by atoms with Gasteiger partial charge in [0.15, 0.2) is 0 Å². The van der Waals surface area contributed by atoms with Crippen molar-refractivity contribution in [2.75, 3.05) is 19.0 Å². The molecule has 0 radical (unpaired) electrons. The number of rotatable bonds is 5. The summed E-state index contributed by atoms with van der Waals surface area (Å²) in [6.45, 7) is 2.85. The smallest absolute Gasteiger partial charge is 0.138 e. The van der Waals surface area contributed by atoms with E-state index < -0.39 is 0 Å². The lowest BCUT2D eigenvalue weighted by Crippen LogP contribution is -2.24. The van der Waals surface area contributed by atoms with Gasteiger partial charge in [-0.05, 0) is 18.6 Å². The number of pyridine rings is 1. The maximum atomic E-state index is 5.17. The molecule has 0 bridgehead atoms. The molecular weight excluding hydrogens is 202 g/mol. The highest BCUT2D eigenvalue weighted by atomic mass is 16.5. The second-order valence-corrected chi connectivity index (χ2v) is 3.77. The van der Waals surface area contributed by atoms with Crippen molar-refractivity contribution < 1.29 is 4.74 Å². The number of anilines is 1. The molecule has 0 fully saturated rings. The average molecular weight is 219 g/mol. The monoisotopic (exact) mass is 219 g/mol. The Bertz CT molecular complexity index is 452. The number of fused-ring (bicyclic) bond motifs is 1. The van der Waals surface area contributed by atoms with Crippen LogP contribution in [0, 0.1) is 0 Å². The van der Waals surface area contributed by atoms with E-state index in [1.165, 1.54) is 0 Å². The molecule has 4 nitrogen and oxygen atoms in total. The third-order valence-electron chi connectivity index (χ3n) is 2.64. The second kappa shape index (κ2) is 4.99. The SMILES string of the molecule is CCC(COC)Nc1cccc2nccn12. The molecule has 2 rings (SSSR count). The fourth-order valence-electron chi connectivity index (χ4n) is 1.74. The van der Waals surface area contributed by atoms with Crippen molar-refractivity contribution in [3.8, 4) is 0 Å². The Labute approximate surface area is 95.3 Å². The van der Waals surface area contributed by atoms with Gasteiger partial charge >= 0.3 is 0 Å². The van der Waals surface area contributed by atoms with Crippen LogP contribution in [0.15, 0.2) is 30.6 Å². The molecule has 0 saturated carbocycles. The van der Waals surface area contributed by atoms with E-state index in [-0.39, 0.29) is 0 Å². The molecule has 2 heterocycles. The van der Waals surface area contributed by atoms with E-state index in [1.54, 1.807) is 13.3 Å². The number of aromatic nitrogens is 2. The molecule has 1 N–H and O–H groups in total. The van der Waals surface area contributed by atoms with Crippen LogP contribution in [0.4, 0.5) is 5.82 Å². The highest BCUT2D eigenvalue weighted by Crippen LogP contribution is 2.13. The van der Waals surface area contributed by atoms with Crippen LogP contribution in [0.2, 0.25) is 0 Å². The Balaban J connectivity index is 2.22. The van der Waals surface area contributed by atoms with Gasteiger partial charge in [-0.25, -0.2) is 4.98 Å². The van der Waals surface area contributed by atoms with Gasteiger partial charge in [-0.15, -0.1) is 0 Å². The third kappa shape index (κ3) is 2.17. The normalized spacial score (nSPS) is 12.9. The molecule has 0 aliphatic heterocycles. The van der Waals surface area contributed by atoms with Crippen molar-refractivity contribution in [2.24, 2.45) is 0 Å². The highest BCUT2D eigenvalue weighted by Gasteiger charge is 2.07. The summed E-state index contributed by atoms with van der Waals surface area (Å²) in [5.74, 6) is 1.05. The van der Waals surface area contributed by atoms with Gasteiger partial charge in [0.1, 0.15) is 11.5 Å². The maximum Gasteiger partial charge on any atom is 0.138 e. The minimum atomic E-state index is 0.331. The molecule has 0 aliphatic carbocycles.